The second kappa shape index (κ2) is 7.71. The van der Waals surface area contributed by atoms with E-state index in [4.69, 9.17) is 9.47 Å². The standard InChI is InChI=1S/C14H22N2O3S/c1-18-9-4-7-16(8-10-19-2)14-15-13-11(17)5-3-6-12(13)20-14/h3-10H2,1-2H3. The van der Waals surface area contributed by atoms with Gasteiger partial charge in [0.1, 0.15) is 5.69 Å². The lowest BCUT2D eigenvalue weighted by molar-refractivity contribution is 0.0968. The Hall–Kier alpha value is -0.980. The zero-order chi connectivity index (χ0) is 14.4. The van der Waals surface area contributed by atoms with Gasteiger partial charge in [0.05, 0.1) is 6.61 Å². The molecule has 1 aromatic rings. The van der Waals surface area contributed by atoms with Gasteiger partial charge in [0.25, 0.3) is 0 Å². The fourth-order valence-electron chi connectivity index (χ4n) is 2.29. The van der Waals surface area contributed by atoms with Crippen molar-refractivity contribution in [3.8, 4) is 0 Å². The van der Waals surface area contributed by atoms with Crippen molar-refractivity contribution in [3.05, 3.63) is 10.6 Å². The summed E-state index contributed by atoms with van der Waals surface area (Å²) in [5.41, 5.74) is 0.699. The first-order chi connectivity index (χ1) is 9.76. The molecule has 1 heterocycles. The molecule has 112 valence electrons. The number of hydrogen-bond donors (Lipinski definition) is 0. The van der Waals surface area contributed by atoms with Crippen LogP contribution in [0.1, 0.15) is 34.6 Å². The molecule has 0 fully saturated rings. The van der Waals surface area contributed by atoms with Crippen LogP contribution in [0.25, 0.3) is 0 Å². The normalized spacial score (nSPS) is 14.4. The Bertz CT molecular complexity index is 448. The number of carbonyl (C=O) groups is 1. The van der Waals surface area contributed by atoms with Gasteiger partial charge >= 0.3 is 0 Å². The number of hydrogen-bond acceptors (Lipinski definition) is 6. The summed E-state index contributed by atoms with van der Waals surface area (Å²) in [5.74, 6) is 0.192. The summed E-state index contributed by atoms with van der Waals surface area (Å²) in [7, 11) is 3.41. The summed E-state index contributed by atoms with van der Waals surface area (Å²) < 4.78 is 10.3. The lowest BCUT2D eigenvalue weighted by atomic mass is 10.0. The van der Waals surface area contributed by atoms with E-state index in [0.29, 0.717) is 18.7 Å². The maximum atomic E-state index is 11.9. The van der Waals surface area contributed by atoms with Gasteiger partial charge < -0.3 is 14.4 Å². The highest BCUT2D eigenvalue weighted by Crippen LogP contribution is 2.31. The molecule has 2 rings (SSSR count). The van der Waals surface area contributed by atoms with Crippen LogP contribution in [-0.4, -0.2) is 51.3 Å². The Morgan fingerprint density at radius 1 is 1.20 bits per heavy atom. The minimum Gasteiger partial charge on any atom is -0.385 e. The lowest BCUT2D eigenvalue weighted by Gasteiger charge is -2.21. The average molecular weight is 298 g/mol. The summed E-state index contributed by atoms with van der Waals surface area (Å²) in [4.78, 5) is 19.8. The Kier molecular flexibility index (Phi) is 5.94. The van der Waals surface area contributed by atoms with Crippen molar-refractivity contribution in [2.45, 2.75) is 25.7 Å². The van der Waals surface area contributed by atoms with Crippen LogP contribution in [0.3, 0.4) is 0 Å². The van der Waals surface area contributed by atoms with Gasteiger partial charge in [-0.05, 0) is 19.3 Å². The molecule has 6 heteroatoms. The number of thiazole rings is 1. The van der Waals surface area contributed by atoms with Gasteiger partial charge in [-0.15, -0.1) is 11.3 Å². The van der Waals surface area contributed by atoms with Gasteiger partial charge in [-0.1, -0.05) is 0 Å². The number of fused-ring (bicyclic) bond motifs is 1. The van der Waals surface area contributed by atoms with E-state index in [2.05, 4.69) is 9.88 Å². The number of carbonyl (C=O) groups excluding carboxylic acids is 1. The molecule has 0 N–H and O–H groups in total. The Morgan fingerprint density at radius 2 is 2.00 bits per heavy atom. The van der Waals surface area contributed by atoms with Gasteiger partial charge in [0.2, 0.25) is 0 Å². The Balaban J connectivity index is 2.09. The van der Waals surface area contributed by atoms with Crippen molar-refractivity contribution in [2.75, 3.05) is 45.4 Å². The molecule has 0 bridgehead atoms. The minimum absolute atomic E-state index is 0.192. The van der Waals surface area contributed by atoms with Crippen molar-refractivity contribution in [3.63, 3.8) is 0 Å². The van der Waals surface area contributed by atoms with Crippen LogP contribution >= 0.6 is 11.3 Å². The van der Waals surface area contributed by atoms with Crippen molar-refractivity contribution in [2.24, 2.45) is 0 Å². The molecular formula is C14H22N2O3S. The number of aromatic nitrogens is 1. The van der Waals surface area contributed by atoms with Crippen molar-refractivity contribution in [1.29, 1.82) is 0 Å². The predicted molar refractivity (Wildman–Crippen MR) is 80.0 cm³/mol. The number of ether oxygens (including phenoxy) is 2. The second-order valence-electron chi connectivity index (χ2n) is 4.87. The quantitative estimate of drug-likeness (QED) is 0.688. The number of ketones is 1. The number of rotatable bonds is 8. The molecule has 0 aromatic carbocycles. The third-order valence-corrected chi connectivity index (χ3v) is 4.55. The number of anilines is 1. The number of aryl methyl sites for hydroxylation is 1. The van der Waals surface area contributed by atoms with Crippen LogP contribution in [0.15, 0.2) is 0 Å². The second-order valence-corrected chi connectivity index (χ2v) is 5.93. The Morgan fingerprint density at radius 3 is 2.70 bits per heavy atom. The number of Topliss-reactive ketones (excluding diaryl/α,β-unsaturated/α-hetero) is 1. The summed E-state index contributed by atoms with van der Waals surface area (Å²) in [5, 5.41) is 0.943. The largest absolute Gasteiger partial charge is 0.385 e. The highest BCUT2D eigenvalue weighted by atomic mass is 32.1. The molecule has 0 unspecified atom stereocenters. The highest BCUT2D eigenvalue weighted by molar-refractivity contribution is 7.16. The fraction of sp³-hybridized carbons (Fsp3) is 0.714. The number of methoxy groups -OCH3 is 2. The molecule has 1 aliphatic rings. The van der Waals surface area contributed by atoms with Crippen molar-refractivity contribution >= 4 is 22.3 Å². The average Bonchev–Trinajstić information content (AvgIpc) is 2.88. The van der Waals surface area contributed by atoms with Crippen LogP contribution in [0.4, 0.5) is 5.13 Å². The van der Waals surface area contributed by atoms with Crippen LogP contribution in [0, 0.1) is 0 Å². The van der Waals surface area contributed by atoms with E-state index < -0.39 is 0 Å². The Labute approximate surface area is 123 Å². The van der Waals surface area contributed by atoms with Crippen molar-refractivity contribution < 1.29 is 14.3 Å². The molecule has 0 aliphatic heterocycles. The molecule has 0 amide bonds. The van der Waals surface area contributed by atoms with Gasteiger partial charge in [-0.3, -0.25) is 4.79 Å². The summed E-state index contributed by atoms with van der Waals surface area (Å²) in [6, 6.07) is 0. The van der Waals surface area contributed by atoms with Gasteiger partial charge in [0, 0.05) is 45.2 Å². The van der Waals surface area contributed by atoms with E-state index in [1.54, 1.807) is 25.6 Å². The van der Waals surface area contributed by atoms with E-state index >= 15 is 0 Å². The summed E-state index contributed by atoms with van der Waals surface area (Å²) >= 11 is 1.65. The van der Waals surface area contributed by atoms with E-state index in [-0.39, 0.29) is 5.78 Å². The zero-order valence-corrected chi connectivity index (χ0v) is 13.0. The zero-order valence-electron chi connectivity index (χ0n) is 12.2. The number of nitrogens with zero attached hydrogens (tertiary/aromatic N) is 2. The van der Waals surface area contributed by atoms with Gasteiger partial charge in [-0.25, -0.2) is 4.98 Å². The predicted octanol–water partition coefficient (Wildman–Crippen LogP) is 2.15. The summed E-state index contributed by atoms with van der Waals surface area (Å²) in [6.45, 7) is 3.05. The molecule has 1 aromatic heterocycles. The third-order valence-electron chi connectivity index (χ3n) is 3.37. The molecule has 0 spiro atoms. The van der Waals surface area contributed by atoms with Crippen LogP contribution in [0.5, 0.6) is 0 Å². The maximum Gasteiger partial charge on any atom is 0.186 e. The van der Waals surface area contributed by atoms with E-state index in [1.807, 2.05) is 0 Å². The highest BCUT2D eigenvalue weighted by Gasteiger charge is 2.24. The summed E-state index contributed by atoms with van der Waals surface area (Å²) in [6.07, 6.45) is 3.51. The van der Waals surface area contributed by atoms with Crippen molar-refractivity contribution in [1.82, 2.24) is 4.98 Å². The fourth-order valence-corrected chi connectivity index (χ4v) is 3.47. The molecule has 0 atom stereocenters. The first-order valence-corrected chi connectivity index (χ1v) is 7.83. The van der Waals surface area contributed by atoms with E-state index in [9.17, 15) is 4.79 Å². The lowest BCUT2D eigenvalue weighted by Crippen LogP contribution is -2.29. The third kappa shape index (κ3) is 3.77. The molecule has 5 nitrogen and oxygen atoms in total. The molecule has 1 aliphatic carbocycles. The molecular weight excluding hydrogens is 276 g/mol. The molecule has 0 radical (unpaired) electrons. The van der Waals surface area contributed by atoms with Crippen LogP contribution in [-0.2, 0) is 15.9 Å². The molecule has 20 heavy (non-hydrogen) atoms. The minimum atomic E-state index is 0.192. The first-order valence-electron chi connectivity index (χ1n) is 7.02. The smallest absolute Gasteiger partial charge is 0.186 e. The van der Waals surface area contributed by atoms with E-state index in [0.717, 1.165) is 49.0 Å². The van der Waals surface area contributed by atoms with Crippen LogP contribution in [0.2, 0.25) is 0 Å². The van der Waals surface area contributed by atoms with E-state index in [1.165, 1.54) is 0 Å². The molecule has 0 saturated heterocycles. The first kappa shape index (κ1) is 15.4. The molecule has 0 saturated carbocycles. The van der Waals surface area contributed by atoms with Gasteiger partial charge in [-0.2, -0.15) is 0 Å². The topological polar surface area (TPSA) is 51.7 Å². The van der Waals surface area contributed by atoms with Crippen LogP contribution < -0.4 is 4.90 Å². The van der Waals surface area contributed by atoms with Gasteiger partial charge in [0.15, 0.2) is 10.9 Å². The SMILES string of the molecule is COCCCN(CCOC)c1nc2c(s1)CCCC2=O. The maximum absolute atomic E-state index is 11.9. The monoisotopic (exact) mass is 298 g/mol.